The maximum Gasteiger partial charge on any atom is 0.242 e. The maximum absolute atomic E-state index is 13.0. The van der Waals surface area contributed by atoms with Crippen LogP contribution in [0.1, 0.15) is 30.7 Å². The van der Waals surface area contributed by atoms with Gasteiger partial charge in [-0.3, -0.25) is 4.79 Å². The second kappa shape index (κ2) is 6.30. The lowest BCUT2D eigenvalue weighted by Gasteiger charge is -2.17. The van der Waals surface area contributed by atoms with Crippen molar-refractivity contribution in [3.8, 4) is 0 Å². The van der Waals surface area contributed by atoms with E-state index in [0.29, 0.717) is 19.0 Å². The van der Waals surface area contributed by atoms with E-state index in [1.165, 1.54) is 12.1 Å². The number of benzene rings is 1. The van der Waals surface area contributed by atoms with E-state index in [9.17, 15) is 9.18 Å². The minimum Gasteiger partial charge on any atom is -0.341 e. The van der Waals surface area contributed by atoms with E-state index in [4.69, 9.17) is 0 Å². The molecule has 1 saturated heterocycles. The highest BCUT2D eigenvalue weighted by Crippen LogP contribution is 2.27. The van der Waals surface area contributed by atoms with Crippen LogP contribution in [0.25, 0.3) is 0 Å². The van der Waals surface area contributed by atoms with Crippen molar-refractivity contribution in [2.75, 3.05) is 13.1 Å². The summed E-state index contributed by atoms with van der Waals surface area (Å²) in [6.07, 6.45) is 5.34. The minimum atomic E-state index is -0.220. The molecule has 1 fully saturated rings. The Balaban J connectivity index is 1.62. The summed E-state index contributed by atoms with van der Waals surface area (Å²) in [5.41, 5.74) is 1.11. The molecule has 0 radical (unpaired) electrons. The highest BCUT2D eigenvalue weighted by Gasteiger charge is 2.27. The topological polar surface area (TPSA) is 38.1 Å². The zero-order chi connectivity index (χ0) is 15.5. The van der Waals surface area contributed by atoms with Gasteiger partial charge in [0, 0.05) is 37.8 Å². The van der Waals surface area contributed by atoms with Crippen molar-refractivity contribution in [3.63, 3.8) is 0 Å². The van der Waals surface area contributed by atoms with Crippen LogP contribution in [0.15, 0.2) is 36.7 Å². The first-order chi connectivity index (χ1) is 10.7. The molecule has 0 unspecified atom stereocenters. The molecular formula is C17H20FN3O. The second-order valence-electron chi connectivity index (χ2n) is 5.70. The Morgan fingerprint density at radius 3 is 2.86 bits per heavy atom. The van der Waals surface area contributed by atoms with Crippen molar-refractivity contribution in [1.82, 2.24) is 14.5 Å². The molecule has 0 aliphatic carbocycles. The number of imidazole rings is 1. The number of carbonyl (C=O) groups is 1. The van der Waals surface area contributed by atoms with E-state index < -0.39 is 0 Å². The smallest absolute Gasteiger partial charge is 0.242 e. The van der Waals surface area contributed by atoms with Crippen molar-refractivity contribution < 1.29 is 9.18 Å². The van der Waals surface area contributed by atoms with Gasteiger partial charge in [0.15, 0.2) is 0 Å². The van der Waals surface area contributed by atoms with Gasteiger partial charge in [0.1, 0.15) is 18.2 Å². The van der Waals surface area contributed by atoms with Crippen LogP contribution >= 0.6 is 0 Å². The molecule has 1 aliphatic rings. The molecule has 1 aromatic heterocycles. The molecule has 1 aromatic carbocycles. The van der Waals surface area contributed by atoms with Crippen LogP contribution in [0.2, 0.25) is 0 Å². The third-order valence-corrected chi connectivity index (χ3v) is 4.31. The first-order valence-electron chi connectivity index (χ1n) is 7.70. The Labute approximate surface area is 129 Å². The molecule has 2 aromatic rings. The van der Waals surface area contributed by atoms with Gasteiger partial charge in [-0.25, -0.2) is 9.37 Å². The van der Waals surface area contributed by atoms with E-state index in [2.05, 4.69) is 4.98 Å². The highest BCUT2D eigenvalue weighted by molar-refractivity contribution is 5.76. The number of nitrogens with zero attached hydrogens (tertiary/aromatic N) is 3. The van der Waals surface area contributed by atoms with E-state index in [1.54, 1.807) is 6.20 Å². The molecule has 4 nitrogen and oxygen atoms in total. The largest absolute Gasteiger partial charge is 0.341 e. The van der Waals surface area contributed by atoms with Crippen LogP contribution in [-0.4, -0.2) is 33.4 Å². The number of likely N-dealkylation sites (tertiary alicyclic amines) is 1. The third kappa shape index (κ3) is 3.03. The van der Waals surface area contributed by atoms with Gasteiger partial charge in [0.05, 0.1) is 0 Å². The molecule has 116 valence electrons. The van der Waals surface area contributed by atoms with Gasteiger partial charge in [-0.2, -0.15) is 0 Å². The molecule has 0 bridgehead atoms. The summed E-state index contributed by atoms with van der Waals surface area (Å²) in [7, 11) is 0. The highest BCUT2D eigenvalue weighted by atomic mass is 19.1. The molecule has 3 rings (SSSR count). The lowest BCUT2D eigenvalue weighted by atomic mass is 9.99. The number of hydrogen-bond donors (Lipinski definition) is 0. The number of amides is 1. The van der Waals surface area contributed by atoms with E-state index in [0.717, 1.165) is 30.8 Å². The molecule has 1 amide bonds. The van der Waals surface area contributed by atoms with Gasteiger partial charge in [0.2, 0.25) is 5.91 Å². The zero-order valence-corrected chi connectivity index (χ0v) is 12.7. The summed E-state index contributed by atoms with van der Waals surface area (Å²) < 4.78 is 14.9. The Hall–Kier alpha value is -2.17. The van der Waals surface area contributed by atoms with Crippen molar-refractivity contribution >= 4 is 5.91 Å². The lowest BCUT2D eigenvalue weighted by molar-refractivity contribution is -0.130. The molecule has 1 atom stereocenters. The summed E-state index contributed by atoms with van der Waals surface area (Å²) in [5, 5.41) is 0. The molecule has 0 N–H and O–H groups in total. The fourth-order valence-corrected chi connectivity index (χ4v) is 3.04. The fraction of sp³-hybridized carbons (Fsp3) is 0.412. The molecule has 0 saturated carbocycles. The van der Waals surface area contributed by atoms with Gasteiger partial charge in [-0.05, 0) is 24.1 Å². The van der Waals surface area contributed by atoms with E-state index >= 15 is 0 Å². The third-order valence-electron chi connectivity index (χ3n) is 4.31. The number of aromatic nitrogens is 2. The monoisotopic (exact) mass is 301 g/mol. The second-order valence-corrected chi connectivity index (χ2v) is 5.70. The maximum atomic E-state index is 13.0. The Bertz CT molecular complexity index is 650. The predicted molar refractivity (Wildman–Crippen MR) is 81.9 cm³/mol. The summed E-state index contributed by atoms with van der Waals surface area (Å²) in [6.45, 7) is 3.85. The van der Waals surface area contributed by atoms with Gasteiger partial charge in [-0.1, -0.05) is 19.1 Å². The van der Waals surface area contributed by atoms with Crippen LogP contribution in [0, 0.1) is 5.82 Å². The molecule has 1 aliphatic heterocycles. The number of rotatable bonds is 4. The Kier molecular flexibility index (Phi) is 4.22. The average Bonchev–Trinajstić information content (AvgIpc) is 3.16. The number of hydrogen-bond acceptors (Lipinski definition) is 2. The molecular weight excluding hydrogens is 281 g/mol. The molecule has 5 heteroatoms. The Morgan fingerprint density at radius 2 is 2.14 bits per heavy atom. The van der Waals surface area contributed by atoms with Crippen molar-refractivity contribution in [2.45, 2.75) is 32.2 Å². The summed E-state index contributed by atoms with van der Waals surface area (Å²) in [4.78, 5) is 18.6. The SMILES string of the molecule is CCc1nccn1CC(=O)N1CC[C@H](c2ccc(F)cc2)C1. The molecule has 22 heavy (non-hydrogen) atoms. The summed E-state index contributed by atoms with van der Waals surface area (Å²) in [5.74, 6) is 1.14. The van der Waals surface area contributed by atoms with Crippen LogP contribution < -0.4 is 0 Å². The first-order valence-corrected chi connectivity index (χ1v) is 7.70. The predicted octanol–water partition coefficient (Wildman–Crippen LogP) is 2.60. The van der Waals surface area contributed by atoms with Crippen molar-refractivity contribution in [2.24, 2.45) is 0 Å². The fourth-order valence-electron chi connectivity index (χ4n) is 3.04. The molecule has 0 spiro atoms. The zero-order valence-electron chi connectivity index (χ0n) is 12.7. The minimum absolute atomic E-state index is 0.123. The lowest BCUT2D eigenvalue weighted by Crippen LogP contribution is -2.32. The average molecular weight is 301 g/mol. The Morgan fingerprint density at radius 1 is 1.36 bits per heavy atom. The van der Waals surface area contributed by atoms with Crippen LogP contribution in [0.4, 0.5) is 4.39 Å². The van der Waals surface area contributed by atoms with Gasteiger partial charge in [-0.15, -0.1) is 0 Å². The number of aryl methyl sites for hydroxylation is 1. The van der Waals surface area contributed by atoms with Gasteiger partial charge >= 0.3 is 0 Å². The van der Waals surface area contributed by atoms with Crippen LogP contribution in [0.3, 0.4) is 0 Å². The standard InChI is InChI=1S/C17H20FN3O/c1-2-16-19-8-10-20(16)12-17(22)21-9-7-14(11-21)13-3-5-15(18)6-4-13/h3-6,8,10,14H,2,7,9,11-12H2,1H3/t14-/m0/s1. The first kappa shape index (κ1) is 14.8. The summed E-state index contributed by atoms with van der Waals surface area (Å²) in [6, 6.07) is 6.61. The van der Waals surface area contributed by atoms with Gasteiger partial charge in [0.25, 0.3) is 0 Å². The van der Waals surface area contributed by atoms with Crippen LogP contribution in [-0.2, 0) is 17.8 Å². The number of carbonyl (C=O) groups excluding carboxylic acids is 1. The number of halogens is 1. The van der Waals surface area contributed by atoms with Gasteiger partial charge < -0.3 is 9.47 Å². The van der Waals surface area contributed by atoms with E-state index in [1.807, 2.05) is 34.7 Å². The molecule has 2 heterocycles. The summed E-state index contributed by atoms with van der Waals surface area (Å²) >= 11 is 0. The normalized spacial score (nSPS) is 17.9. The van der Waals surface area contributed by atoms with E-state index in [-0.39, 0.29) is 11.7 Å². The van der Waals surface area contributed by atoms with Crippen molar-refractivity contribution in [1.29, 1.82) is 0 Å². The van der Waals surface area contributed by atoms with Crippen molar-refractivity contribution in [3.05, 3.63) is 53.9 Å². The van der Waals surface area contributed by atoms with Crippen LogP contribution in [0.5, 0.6) is 0 Å². The quantitative estimate of drug-likeness (QED) is 0.870.